The Morgan fingerprint density at radius 1 is 1.30 bits per heavy atom. The smallest absolute Gasteiger partial charge is 0.258 e. The van der Waals surface area contributed by atoms with Gasteiger partial charge in [-0.1, -0.05) is 0 Å². The van der Waals surface area contributed by atoms with Gasteiger partial charge in [0.05, 0.1) is 6.61 Å². The van der Waals surface area contributed by atoms with Gasteiger partial charge in [0, 0.05) is 20.8 Å². The van der Waals surface area contributed by atoms with Crippen LogP contribution in [0.5, 0.6) is 5.75 Å². The van der Waals surface area contributed by atoms with Gasteiger partial charge in [-0.25, -0.2) is 4.39 Å². The molecule has 1 atom stereocenters. The van der Waals surface area contributed by atoms with Crippen LogP contribution in [0.15, 0.2) is 24.3 Å². The Morgan fingerprint density at radius 2 is 1.95 bits per heavy atom. The fourth-order valence-corrected chi connectivity index (χ4v) is 1.50. The Kier molecular flexibility index (Phi) is 6.41. The Balaban J connectivity index is 2.35. The molecule has 0 saturated carbocycles. The maximum atomic E-state index is 12.7. The average Bonchev–Trinajstić information content (AvgIpc) is 2.45. The van der Waals surface area contributed by atoms with Gasteiger partial charge in [-0.2, -0.15) is 0 Å². The highest BCUT2D eigenvalue weighted by atomic mass is 19.1. The molecule has 0 unspecified atom stereocenters. The molecule has 1 aromatic rings. The second-order valence-corrected chi connectivity index (χ2v) is 4.61. The van der Waals surface area contributed by atoms with Gasteiger partial charge in [0.2, 0.25) is 0 Å². The first kappa shape index (κ1) is 16.4. The topological polar surface area (TPSA) is 56.8 Å². The molecule has 1 amide bonds. The third-order valence-corrected chi connectivity index (χ3v) is 2.79. The van der Waals surface area contributed by atoms with Crippen LogP contribution in [-0.4, -0.2) is 45.5 Å². The maximum absolute atomic E-state index is 12.7. The van der Waals surface area contributed by atoms with Crippen molar-refractivity contribution in [2.75, 3.05) is 34.0 Å². The number of amides is 1. The molecule has 1 rings (SSSR count). The molecule has 6 heteroatoms. The number of rotatable bonds is 8. The summed E-state index contributed by atoms with van der Waals surface area (Å²) in [6.45, 7) is 2.36. The monoisotopic (exact) mass is 285 g/mol. The Labute approximate surface area is 118 Å². The van der Waals surface area contributed by atoms with Crippen molar-refractivity contribution in [1.82, 2.24) is 5.32 Å². The highest BCUT2D eigenvalue weighted by Gasteiger charge is 2.24. The van der Waals surface area contributed by atoms with E-state index in [1.807, 2.05) is 6.92 Å². The van der Waals surface area contributed by atoms with Crippen LogP contribution < -0.4 is 10.1 Å². The lowest BCUT2D eigenvalue weighted by Gasteiger charge is -2.27. The van der Waals surface area contributed by atoms with Crippen molar-refractivity contribution in [3.8, 4) is 5.75 Å². The summed E-state index contributed by atoms with van der Waals surface area (Å²) in [5.74, 6) is -0.195. The van der Waals surface area contributed by atoms with E-state index in [0.29, 0.717) is 18.9 Å². The number of ether oxygens (including phenoxy) is 3. The largest absolute Gasteiger partial charge is 0.484 e. The van der Waals surface area contributed by atoms with E-state index in [2.05, 4.69) is 5.32 Å². The highest BCUT2D eigenvalue weighted by molar-refractivity contribution is 5.77. The van der Waals surface area contributed by atoms with Crippen molar-refractivity contribution in [2.45, 2.75) is 12.5 Å². The second kappa shape index (κ2) is 7.81. The van der Waals surface area contributed by atoms with Crippen molar-refractivity contribution < 1.29 is 23.4 Å². The molecule has 0 spiro atoms. The predicted molar refractivity (Wildman–Crippen MR) is 72.2 cm³/mol. The van der Waals surface area contributed by atoms with E-state index in [1.165, 1.54) is 24.3 Å². The summed E-state index contributed by atoms with van der Waals surface area (Å²) in [5.41, 5.74) is -0.583. The van der Waals surface area contributed by atoms with Crippen LogP contribution in [0.4, 0.5) is 4.39 Å². The van der Waals surface area contributed by atoms with E-state index in [9.17, 15) is 9.18 Å². The molecule has 0 aliphatic carbocycles. The van der Waals surface area contributed by atoms with Crippen LogP contribution in [0, 0.1) is 5.82 Å². The lowest BCUT2D eigenvalue weighted by molar-refractivity contribution is -0.125. The molecule has 0 aliphatic rings. The van der Waals surface area contributed by atoms with Gasteiger partial charge in [-0.05, 0) is 31.2 Å². The molecular weight excluding hydrogens is 265 g/mol. The van der Waals surface area contributed by atoms with E-state index >= 15 is 0 Å². The number of halogens is 1. The Morgan fingerprint density at radius 3 is 2.50 bits per heavy atom. The molecule has 0 aliphatic heterocycles. The van der Waals surface area contributed by atoms with E-state index in [-0.39, 0.29) is 18.3 Å². The summed E-state index contributed by atoms with van der Waals surface area (Å²) >= 11 is 0. The lowest BCUT2D eigenvalue weighted by atomic mass is 10.1. The van der Waals surface area contributed by atoms with Crippen molar-refractivity contribution in [2.24, 2.45) is 0 Å². The van der Waals surface area contributed by atoms with Crippen LogP contribution in [0.2, 0.25) is 0 Å². The van der Waals surface area contributed by atoms with Crippen molar-refractivity contribution in [3.05, 3.63) is 30.1 Å². The maximum Gasteiger partial charge on any atom is 0.258 e. The molecule has 0 aromatic heterocycles. The number of carbonyl (C=O) groups excluding carboxylic acids is 1. The van der Waals surface area contributed by atoms with Gasteiger partial charge in [0.25, 0.3) is 5.91 Å². The summed E-state index contributed by atoms with van der Waals surface area (Å²) in [6.07, 6.45) is 0. The van der Waals surface area contributed by atoms with Crippen LogP contribution in [0.3, 0.4) is 0 Å². The molecule has 0 radical (unpaired) electrons. The number of nitrogens with one attached hydrogen (secondary N) is 1. The molecule has 5 nitrogen and oxygen atoms in total. The van der Waals surface area contributed by atoms with Crippen LogP contribution in [0.1, 0.15) is 6.92 Å². The number of carbonyl (C=O) groups is 1. The lowest BCUT2D eigenvalue weighted by Crippen LogP contribution is -2.46. The Bertz CT molecular complexity index is 424. The first-order chi connectivity index (χ1) is 9.49. The zero-order valence-corrected chi connectivity index (χ0v) is 11.9. The standard InChI is InChI=1S/C14H20FNO4/c1-14(19-3,10-18-2)9-16-13(17)8-20-12-6-4-11(15)5-7-12/h4-7H,8-10H2,1-3H3,(H,16,17)/t14-/m1/s1. The second-order valence-electron chi connectivity index (χ2n) is 4.61. The SMILES string of the molecule is COC[C@@](C)(CNC(=O)COc1ccc(F)cc1)OC. The minimum Gasteiger partial charge on any atom is -0.484 e. The van der Waals surface area contributed by atoms with Gasteiger partial charge in [-0.15, -0.1) is 0 Å². The van der Waals surface area contributed by atoms with Gasteiger partial charge in [-0.3, -0.25) is 4.79 Å². The van der Waals surface area contributed by atoms with Crippen LogP contribution >= 0.6 is 0 Å². The first-order valence-electron chi connectivity index (χ1n) is 6.18. The van der Waals surface area contributed by atoms with E-state index in [1.54, 1.807) is 14.2 Å². The number of hydrogen-bond donors (Lipinski definition) is 1. The summed E-state index contributed by atoms with van der Waals surface area (Å²) in [7, 11) is 3.12. The molecule has 1 N–H and O–H groups in total. The molecule has 112 valence electrons. The summed E-state index contributed by atoms with van der Waals surface area (Å²) in [6, 6.07) is 5.47. The fourth-order valence-electron chi connectivity index (χ4n) is 1.50. The predicted octanol–water partition coefficient (Wildman–Crippen LogP) is 1.37. The summed E-state index contributed by atoms with van der Waals surface area (Å²) in [4.78, 5) is 11.6. The van der Waals surface area contributed by atoms with Gasteiger partial charge >= 0.3 is 0 Å². The van der Waals surface area contributed by atoms with Crippen LogP contribution in [0.25, 0.3) is 0 Å². The van der Waals surface area contributed by atoms with E-state index in [0.717, 1.165) is 0 Å². The van der Waals surface area contributed by atoms with Crippen molar-refractivity contribution in [3.63, 3.8) is 0 Å². The fraction of sp³-hybridized carbons (Fsp3) is 0.500. The van der Waals surface area contributed by atoms with Crippen molar-refractivity contribution >= 4 is 5.91 Å². The minimum atomic E-state index is -0.583. The Hall–Kier alpha value is -1.66. The van der Waals surface area contributed by atoms with Crippen LogP contribution in [-0.2, 0) is 14.3 Å². The molecule has 0 saturated heterocycles. The summed E-state index contributed by atoms with van der Waals surface area (Å²) < 4.78 is 28.2. The minimum absolute atomic E-state index is 0.140. The third-order valence-electron chi connectivity index (χ3n) is 2.79. The molecule has 20 heavy (non-hydrogen) atoms. The first-order valence-corrected chi connectivity index (χ1v) is 6.18. The molecular formula is C14H20FNO4. The third kappa shape index (κ3) is 5.54. The van der Waals surface area contributed by atoms with Gasteiger partial charge < -0.3 is 19.5 Å². The highest BCUT2D eigenvalue weighted by Crippen LogP contribution is 2.11. The number of hydrogen-bond acceptors (Lipinski definition) is 4. The molecule has 1 aromatic carbocycles. The molecule has 0 bridgehead atoms. The zero-order chi connectivity index (χ0) is 15.0. The normalized spacial score (nSPS) is 13.6. The molecule has 0 heterocycles. The van der Waals surface area contributed by atoms with Gasteiger partial charge in [0.15, 0.2) is 6.61 Å². The van der Waals surface area contributed by atoms with Gasteiger partial charge in [0.1, 0.15) is 17.2 Å². The van der Waals surface area contributed by atoms with E-state index < -0.39 is 5.60 Å². The summed E-state index contributed by atoms with van der Waals surface area (Å²) in [5, 5.41) is 2.70. The quantitative estimate of drug-likeness (QED) is 0.784. The molecule has 0 fully saturated rings. The number of methoxy groups -OCH3 is 2. The zero-order valence-electron chi connectivity index (χ0n) is 11.9. The van der Waals surface area contributed by atoms with Crippen molar-refractivity contribution in [1.29, 1.82) is 0 Å². The average molecular weight is 285 g/mol. The number of benzene rings is 1. The van der Waals surface area contributed by atoms with E-state index in [4.69, 9.17) is 14.2 Å².